The largest absolute Gasteiger partial charge is 0.299 e. The van der Waals surface area contributed by atoms with Gasteiger partial charge >= 0.3 is 0 Å². The van der Waals surface area contributed by atoms with Crippen molar-refractivity contribution >= 4 is 16.7 Å². The summed E-state index contributed by atoms with van der Waals surface area (Å²) < 4.78 is 4.44. The summed E-state index contributed by atoms with van der Waals surface area (Å²) in [4.78, 5) is 10.2. The van der Waals surface area contributed by atoms with Gasteiger partial charge in [0.1, 0.15) is 11.5 Å². The minimum absolute atomic E-state index is 0.924. The third kappa shape index (κ3) is 5.67. The molecular weight excluding hydrogens is 657 g/mol. The smallest absolute Gasteiger partial charge is 0.145 e. The molecule has 0 radical (unpaired) electrons. The second-order valence-corrected chi connectivity index (χ2v) is 13.5. The van der Waals surface area contributed by atoms with E-state index in [2.05, 4.69) is 197 Å². The predicted octanol–water partition coefficient (Wildman–Crippen LogP) is 12.7. The lowest BCUT2D eigenvalue weighted by Gasteiger charge is -2.14. The van der Waals surface area contributed by atoms with E-state index in [0.29, 0.717) is 0 Å². The van der Waals surface area contributed by atoms with Crippen LogP contribution in [0.25, 0.3) is 89.7 Å². The van der Waals surface area contributed by atoms with Crippen molar-refractivity contribution in [1.82, 2.24) is 18.9 Å². The zero-order chi connectivity index (χ0) is 35.8. The van der Waals surface area contributed by atoms with E-state index in [9.17, 15) is 0 Å². The molecule has 0 aliphatic carbocycles. The van der Waals surface area contributed by atoms with E-state index >= 15 is 0 Å². The van der Waals surface area contributed by atoms with E-state index in [-0.39, 0.29) is 0 Å². The van der Waals surface area contributed by atoms with Crippen molar-refractivity contribution < 1.29 is 0 Å². The van der Waals surface area contributed by atoms with E-state index in [1.54, 1.807) is 0 Å². The Morgan fingerprint density at radius 1 is 0.352 bits per heavy atom. The van der Waals surface area contributed by atoms with Crippen LogP contribution in [0.2, 0.25) is 0 Å². The quantitative estimate of drug-likeness (QED) is 0.167. The molecule has 4 nitrogen and oxygen atoms in total. The first-order chi connectivity index (χ1) is 26.8. The highest BCUT2D eigenvalue weighted by Crippen LogP contribution is 2.38. The maximum Gasteiger partial charge on any atom is 0.145 e. The summed E-state index contributed by atoms with van der Waals surface area (Å²) in [6.07, 6.45) is 2.09. The fourth-order valence-electron chi connectivity index (χ4n) is 7.54. The number of imidazole rings is 2. The molecule has 0 fully saturated rings. The van der Waals surface area contributed by atoms with Gasteiger partial charge in [-0.05, 0) is 94.0 Å². The van der Waals surface area contributed by atoms with Crippen LogP contribution in [-0.4, -0.2) is 18.9 Å². The Balaban J connectivity index is 1.09. The van der Waals surface area contributed by atoms with Gasteiger partial charge in [0.2, 0.25) is 0 Å². The highest BCUT2D eigenvalue weighted by atomic mass is 15.1. The van der Waals surface area contributed by atoms with Gasteiger partial charge in [-0.3, -0.25) is 8.97 Å². The standard InChI is InChI=1S/C50H34N4/c1-4-15-35(16-5-1)41-32-42(36-26-28-44(29-27-36)54-46-24-11-10-23-45(46)51-50(54)38-19-8-3-9-20-38)34-43(33-41)39-21-14-22-40(31-39)48-49(37-17-6-2-7-18-37)53-30-13-12-25-47(53)52-48/h1-34H. The van der Waals surface area contributed by atoms with Crippen molar-refractivity contribution in [3.8, 4) is 73.0 Å². The summed E-state index contributed by atoms with van der Waals surface area (Å²) in [5.74, 6) is 0.929. The van der Waals surface area contributed by atoms with E-state index < -0.39 is 0 Å². The van der Waals surface area contributed by atoms with Crippen molar-refractivity contribution in [2.45, 2.75) is 0 Å². The van der Waals surface area contributed by atoms with E-state index in [4.69, 9.17) is 9.97 Å². The molecule has 0 saturated carbocycles. The molecule has 7 aromatic carbocycles. The van der Waals surface area contributed by atoms with Crippen LogP contribution in [-0.2, 0) is 0 Å². The first-order valence-corrected chi connectivity index (χ1v) is 18.2. The Morgan fingerprint density at radius 3 is 1.61 bits per heavy atom. The van der Waals surface area contributed by atoms with E-state index in [1.807, 2.05) is 18.2 Å². The summed E-state index contributed by atoms with van der Waals surface area (Å²) in [5, 5.41) is 0. The third-order valence-electron chi connectivity index (χ3n) is 10.1. The van der Waals surface area contributed by atoms with Crippen LogP contribution in [0.4, 0.5) is 0 Å². The lowest BCUT2D eigenvalue weighted by Crippen LogP contribution is -1.97. The first kappa shape index (κ1) is 31.4. The average Bonchev–Trinajstić information content (AvgIpc) is 3.84. The van der Waals surface area contributed by atoms with Gasteiger partial charge in [0, 0.05) is 28.6 Å². The van der Waals surface area contributed by atoms with Crippen LogP contribution < -0.4 is 0 Å². The van der Waals surface area contributed by atoms with E-state index in [1.165, 1.54) is 11.1 Å². The van der Waals surface area contributed by atoms with Crippen LogP contribution in [0.3, 0.4) is 0 Å². The number of hydrogen-bond donors (Lipinski definition) is 0. The zero-order valence-electron chi connectivity index (χ0n) is 29.4. The highest BCUT2D eigenvalue weighted by molar-refractivity contribution is 5.87. The Hall–Kier alpha value is -7.30. The van der Waals surface area contributed by atoms with Crippen LogP contribution in [0.15, 0.2) is 206 Å². The van der Waals surface area contributed by atoms with Gasteiger partial charge in [-0.2, -0.15) is 0 Å². The number of para-hydroxylation sites is 2. The maximum absolute atomic E-state index is 5.15. The zero-order valence-corrected chi connectivity index (χ0v) is 29.4. The molecule has 0 spiro atoms. The molecule has 0 unspecified atom stereocenters. The van der Waals surface area contributed by atoms with Crippen molar-refractivity contribution in [2.24, 2.45) is 0 Å². The van der Waals surface area contributed by atoms with Crippen molar-refractivity contribution in [1.29, 1.82) is 0 Å². The molecule has 254 valence electrons. The Kier molecular flexibility index (Phi) is 7.77. The summed E-state index contributed by atoms with van der Waals surface area (Å²) >= 11 is 0. The molecule has 0 atom stereocenters. The maximum atomic E-state index is 5.15. The summed E-state index contributed by atoms with van der Waals surface area (Å²) in [6, 6.07) is 70.7. The van der Waals surface area contributed by atoms with Crippen LogP contribution >= 0.6 is 0 Å². The molecule has 0 N–H and O–H groups in total. The van der Waals surface area contributed by atoms with Gasteiger partial charge in [0.05, 0.1) is 22.4 Å². The molecule has 0 aliphatic heterocycles. The van der Waals surface area contributed by atoms with Crippen LogP contribution in [0.5, 0.6) is 0 Å². The van der Waals surface area contributed by atoms with Crippen LogP contribution in [0.1, 0.15) is 0 Å². The second kappa shape index (κ2) is 13.4. The Bertz CT molecular complexity index is 2910. The number of fused-ring (bicyclic) bond motifs is 2. The minimum atomic E-state index is 0.924. The van der Waals surface area contributed by atoms with Crippen molar-refractivity contribution in [2.75, 3.05) is 0 Å². The number of rotatable bonds is 7. The van der Waals surface area contributed by atoms with Crippen LogP contribution in [0, 0.1) is 0 Å². The fraction of sp³-hybridized carbons (Fsp3) is 0. The van der Waals surface area contributed by atoms with Gasteiger partial charge in [0.15, 0.2) is 0 Å². The molecular formula is C50H34N4. The normalized spacial score (nSPS) is 11.3. The fourth-order valence-corrected chi connectivity index (χ4v) is 7.54. The number of hydrogen-bond acceptors (Lipinski definition) is 2. The molecule has 3 heterocycles. The molecule has 4 heteroatoms. The predicted molar refractivity (Wildman–Crippen MR) is 222 cm³/mol. The second-order valence-electron chi connectivity index (χ2n) is 13.5. The lowest BCUT2D eigenvalue weighted by atomic mass is 9.92. The number of aromatic nitrogens is 4. The minimum Gasteiger partial charge on any atom is -0.299 e. The monoisotopic (exact) mass is 690 g/mol. The number of nitrogens with zero attached hydrogens (tertiary/aromatic N) is 4. The molecule has 0 bridgehead atoms. The Morgan fingerprint density at radius 2 is 0.889 bits per heavy atom. The summed E-state index contributed by atoms with van der Waals surface area (Å²) in [7, 11) is 0. The van der Waals surface area contributed by atoms with Gasteiger partial charge in [-0.1, -0.05) is 140 Å². The topological polar surface area (TPSA) is 35.1 Å². The van der Waals surface area contributed by atoms with Gasteiger partial charge in [0.25, 0.3) is 0 Å². The molecule has 0 amide bonds. The van der Waals surface area contributed by atoms with Gasteiger partial charge in [-0.25, -0.2) is 9.97 Å². The van der Waals surface area contributed by atoms with Gasteiger partial charge < -0.3 is 0 Å². The van der Waals surface area contributed by atoms with Crippen molar-refractivity contribution in [3.05, 3.63) is 206 Å². The Labute approximate surface area is 313 Å². The van der Waals surface area contributed by atoms with E-state index in [0.717, 1.165) is 78.5 Å². The molecule has 54 heavy (non-hydrogen) atoms. The average molecular weight is 691 g/mol. The van der Waals surface area contributed by atoms with Crippen molar-refractivity contribution in [3.63, 3.8) is 0 Å². The summed E-state index contributed by atoms with van der Waals surface area (Å²) in [5.41, 5.74) is 16.3. The first-order valence-electron chi connectivity index (χ1n) is 18.2. The molecule has 10 aromatic rings. The SMILES string of the molecule is c1ccc(-c2cc(-c3ccc(-n4c(-c5ccccc5)nc5ccccc54)cc3)cc(-c3cccc(-c4nc5ccccn5c4-c4ccccc4)c3)c2)cc1. The number of pyridine rings is 1. The third-order valence-corrected chi connectivity index (χ3v) is 10.1. The number of benzene rings is 7. The molecule has 0 aliphatic rings. The lowest BCUT2D eigenvalue weighted by molar-refractivity contribution is 1.10. The molecule has 0 saturated heterocycles. The highest BCUT2D eigenvalue weighted by Gasteiger charge is 2.18. The molecule has 3 aromatic heterocycles. The summed E-state index contributed by atoms with van der Waals surface area (Å²) in [6.45, 7) is 0. The van der Waals surface area contributed by atoms with Gasteiger partial charge in [-0.15, -0.1) is 0 Å². The molecule has 10 rings (SSSR count).